The molecule has 4 nitrogen and oxygen atoms in total. The van der Waals surface area contributed by atoms with Crippen LogP contribution in [0.1, 0.15) is 11.1 Å². The van der Waals surface area contributed by atoms with Crippen molar-refractivity contribution in [2.45, 2.75) is 6.92 Å². The monoisotopic (exact) mass is 318 g/mol. The van der Waals surface area contributed by atoms with Crippen LogP contribution in [0.25, 0.3) is 10.8 Å². The molecule has 3 aromatic rings. The van der Waals surface area contributed by atoms with Crippen LogP contribution < -0.4 is 10.2 Å². The number of carbonyl (C=O) groups is 1. The maximum Gasteiger partial charge on any atom is 0.277 e. The van der Waals surface area contributed by atoms with E-state index in [0.717, 1.165) is 21.9 Å². The van der Waals surface area contributed by atoms with Gasteiger partial charge in [0.2, 0.25) is 0 Å². The third-order valence-electron chi connectivity index (χ3n) is 3.54. The molecule has 0 saturated heterocycles. The van der Waals surface area contributed by atoms with Crippen LogP contribution in [0.4, 0.5) is 0 Å². The molecule has 4 heteroatoms. The highest BCUT2D eigenvalue weighted by Crippen LogP contribution is 2.20. The lowest BCUT2D eigenvalue weighted by molar-refractivity contribution is -0.123. The van der Waals surface area contributed by atoms with E-state index in [1.807, 2.05) is 73.7 Å². The Labute approximate surface area is 140 Å². The lowest BCUT2D eigenvalue weighted by Gasteiger charge is -2.06. The fraction of sp³-hybridized carbons (Fsp3) is 0.100. The van der Waals surface area contributed by atoms with Crippen molar-refractivity contribution in [1.82, 2.24) is 5.43 Å². The Kier molecular flexibility index (Phi) is 4.87. The Bertz CT molecular complexity index is 887. The summed E-state index contributed by atoms with van der Waals surface area (Å²) in [5, 5.41) is 6.15. The van der Waals surface area contributed by atoms with Gasteiger partial charge in [-0.2, -0.15) is 5.10 Å². The molecule has 3 aromatic carbocycles. The summed E-state index contributed by atoms with van der Waals surface area (Å²) in [5.41, 5.74) is 4.54. The number of benzene rings is 3. The average Bonchev–Trinajstić information content (AvgIpc) is 2.60. The molecule has 1 amide bonds. The summed E-state index contributed by atoms with van der Waals surface area (Å²) in [7, 11) is 0. The number of hydrogen-bond donors (Lipinski definition) is 1. The first-order chi connectivity index (χ1) is 11.7. The molecule has 1 N–H and O–H groups in total. The van der Waals surface area contributed by atoms with Gasteiger partial charge in [0.05, 0.1) is 6.21 Å². The second-order valence-corrected chi connectivity index (χ2v) is 5.50. The van der Waals surface area contributed by atoms with Crippen molar-refractivity contribution in [2.24, 2.45) is 5.10 Å². The topological polar surface area (TPSA) is 50.7 Å². The highest BCUT2D eigenvalue weighted by atomic mass is 16.5. The second kappa shape index (κ2) is 7.42. The Morgan fingerprint density at radius 2 is 1.88 bits per heavy atom. The van der Waals surface area contributed by atoms with Crippen LogP contribution in [0.5, 0.6) is 5.75 Å². The van der Waals surface area contributed by atoms with E-state index in [2.05, 4.69) is 10.5 Å². The Morgan fingerprint density at radius 1 is 1.04 bits per heavy atom. The van der Waals surface area contributed by atoms with Crippen LogP contribution in [-0.2, 0) is 4.79 Å². The quantitative estimate of drug-likeness (QED) is 0.576. The van der Waals surface area contributed by atoms with Gasteiger partial charge < -0.3 is 4.74 Å². The molecule has 0 aromatic heterocycles. The molecule has 24 heavy (non-hydrogen) atoms. The highest BCUT2D eigenvalue weighted by Gasteiger charge is 2.02. The van der Waals surface area contributed by atoms with Gasteiger partial charge in [0.25, 0.3) is 5.91 Å². The van der Waals surface area contributed by atoms with Crippen LogP contribution in [0.15, 0.2) is 71.8 Å². The van der Waals surface area contributed by atoms with Gasteiger partial charge in [0, 0.05) is 0 Å². The Hall–Kier alpha value is -3.14. The highest BCUT2D eigenvalue weighted by molar-refractivity contribution is 5.84. The van der Waals surface area contributed by atoms with Gasteiger partial charge in [-0.15, -0.1) is 0 Å². The fourth-order valence-electron chi connectivity index (χ4n) is 2.37. The van der Waals surface area contributed by atoms with Crippen LogP contribution in [0.2, 0.25) is 0 Å². The average molecular weight is 318 g/mol. The summed E-state index contributed by atoms with van der Waals surface area (Å²) in [4.78, 5) is 11.8. The van der Waals surface area contributed by atoms with E-state index in [0.29, 0.717) is 5.75 Å². The molecule has 0 heterocycles. The van der Waals surface area contributed by atoms with E-state index in [9.17, 15) is 4.79 Å². The number of rotatable bonds is 5. The van der Waals surface area contributed by atoms with E-state index in [1.165, 1.54) is 0 Å². The minimum absolute atomic E-state index is 0.0799. The number of ether oxygens (including phenoxy) is 1. The molecule has 0 radical (unpaired) electrons. The minimum Gasteiger partial charge on any atom is -0.484 e. The smallest absolute Gasteiger partial charge is 0.277 e. The number of fused-ring (bicyclic) bond motifs is 1. The molecule has 0 aliphatic heterocycles. The fourth-order valence-corrected chi connectivity index (χ4v) is 2.37. The molecule has 0 unspecified atom stereocenters. The van der Waals surface area contributed by atoms with Gasteiger partial charge in [-0.25, -0.2) is 5.43 Å². The molecule has 0 aliphatic rings. The third kappa shape index (κ3) is 4.20. The van der Waals surface area contributed by atoms with Gasteiger partial charge in [-0.1, -0.05) is 60.2 Å². The van der Waals surface area contributed by atoms with Crippen molar-refractivity contribution in [3.05, 3.63) is 77.9 Å². The summed E-state index contributed by atoms with van der Waals surface area (Å²) in [5.74, 6) is 0.360. The lowest BCUT2D eigenvalue weighted by atomic mass is 10.1. The zero-order valence-corrected chi connectivity index (χ0v) is 13.4. The van der Waals surface area contributed by atoms with Crippen molar-refractivity contribution >= 4 is 22.9 Å². The van der Waals surface area contributed by atoms with Gasteiger partial charge in [-0.05, 0) is 35.4 Å². The molecule has 0 saturated carbocycles. The number of aryl methyl sites for hydroxylation is 1. The van der Waals surface area contributed by atoms with Crippen molar-refractivity contribution in [3.8, 4) is 5.75 Å². The standard InChI is InChI=1S/C20H18N2O2/c1-15-5-4-6-16(11-15)13-21-22-20(23)14-24-19-10-9-17-7-2-3-8-18(17)12-19/h2-13H,14H2,1H3,(H,22,23)/b21-13-. The summed E-state index contributed by atoms with van der Waals surface area (Å²) in [6.07, 6.45) is 1.61. The van der Waals surface area contributed by atoms with Crippen LogP contribution in [-0.4, -0.2) is 18.7 Å². The van der Waals surface area contributed by atoms with Crippen molar-refractivity contribution in [3.63, 3.8) is 0 Å². The van der Waals surface area contributed by atoms with Gasteiger partial charge in [0.15, 0.2) is 6.61 Å². The molecule has 120 valence electrons. The number of nitrogens with zero attached hydrogens (tertiary/aromatic N) is 1. The zero-order chi connectivity index (χ0) is 16.8. The first-order valence-corrected chi connectivity index (χ1v) is 7.71. The summed E-state index contributed by atoms with van der Waals surface area (Å²) in [6.45, 7) is 1.93. The molecule has 0 spiro atoms. The summed E-state index contributed by atoms with van der Waals surface area (Å²) >= 11 is 0. The van der Waals surface area contributed by atoms with E-state index < -0.39 is 0 Å². The molecule has 0 atom stereocenters. The first-order valence-electron chi connectivity index (χ1n) is 7.71. The Balaban J connectivity index is 1.53. The number of hydrogen-bond acceptors (Lipinski definition) is 3. The van der Waals surface area contributed by atoms with E-state index in [-0.39, 0.29) is 12.5 Å². The predicted molar refractivity (Wildman–Crippen MR) is 96.4 cm³/mol. The van der Waals surface area contributed by atoms with Gasteiger partial charge in [0.1, 0.15) is 5.75 Å². The van der Waals surface area contributed by atoms with Crippen molar-refractivity contribution in [1.29, 1.82) is 0 Å². The van der Waals surface area contributed by atoms with E-state index >= 15 is 0 Å². The summed E-state index contributed by atoms with van der Waals surface area (Å²) < 4.78 is 5.51. The predicted octanol–water partition coefficient (Wildman–Crippen LogP) is 3.68. The van der Waals surface area contributed by atoms with E-state index in [1.54, 1.807) is 6.21 Å². The van der Waals surface area contributed by atoms with Gasteiger partial charge in [-0.3, -0.25) is 4.79 Å². The number of carbonyl (C=O) groups excluding carboxylic acids is 1. The maximum absolute atomic E-state index is 11.8. The molecular formula is C20H18N2O2. The molecule has 0 fully saturated rings. The SMILES string of the molecule is Cc1cccc(/C=N\NC(=O)COc2ccc3ccccc3c2)c1. The molecular weight excluding hydrogens is 300 g/mol. The van der Waals surface area contributed by atoms with Gasteiger partial charge >= 0.3 is 0 Å². The molecule has 0 aliphatic carbocycles. The Morgan fingerprint density at radius 3 is 2.71 bits per heavy atom. The van der Waals surface area contributed by atoms with E-state index in [4.69, 9.17) is 4.74 Å². The summed E-state index contributed by atoms with van der Waals surface area (Å²) in [6, 6.07) is 21.6. The molecule has 0 bridgehead atoms. The van der Waals surface area contributed by atoms with Crippen molar-refractivity contribution < 1.29 is 9.53 Å². The maximum atomic E-state index is 11.8. The van der Waals surface area contributed by atoms with Crippen LogP contribution in [0, 0.1) is 6.92 Å². The molecule has 3 rings (SSSR count). The number of hydrazone groups is 1. The number of nitrogens with one attached hydrogen (secondary N) is 1. The minimum atomic E-state index is -0.299. The lowest BCUT2D eigenvalue weighted by Crippen LogP contribution is -2.24. The van der Waals surface area contributed by atoms with Crippen LogP contribution in [0.3, 0.4) is 0 Å². The zero-order valence-electron chi connectivity index (χ0n) is 13.4. The normalized spacial score (nSPS) is 10.9. The largest absolute Gasteiger partial charge is 0.484 e. The second-order valence-electron chi connectivity index (χ2n) is 5.50. The van der Waals surface area contributed by atoms with Crippen molar-refractivity contribution in [2.75, 3.05) is 6.61 Å². The number of amides is 1. The van der Waals surface area contributed by atoms with Crippen LogP contribution >= 0.6 is 0 Å². The third-order valence-corrected chi connectivity index (χ3v) is 3.54. The first kappa shape index (κ1) is 15.7.